The summed E-state index contributed by atoms with van der Waals surface area (Å²) in [7, 11) is 0. The van der Waals surface area contributed by atoms with Gasteiger partial charge >= 0.3 is 0 Å². The minimum absolute atomic E-state index is 0.378. The van der Waals surface area contributed by atoms with Crippen molar-refractivity contribution >= 4 is 27.7 Å². The first-order valence-electron chi connectivity index (χ1n) is 5.78. The van der Waals surface area contributed by atoms with Crippen molar-refractivity contribution in [3.8, 4) is 11.5 Å². The normalized spacial score (nSPS) is 23.5. The maximum Gasteiger partial charge on any atom is 0.175 e. The van der Waals surface area contributed by atoms with Gasteiger partial charge in [-0.2, -0.15) is 0 Å². The summed E-state index contributed by atoms with van der Waals surface area (Å²) >= 11 is 5.50. The van der Waals surface area contributed by atoms with Crippen LogP contribution in [0.5, 0.6) is 11.5 Å². The van der Waals surface area contributed by atoms with E-state index in [1.54, 1.807) is 0 Å². The molecule has 0 aromatic heterocycles. The van der Waals surface area contributed by atoms with Gasteiger partial charge in [-0.05, 0) is 33.6 Å². The summed E-state index contributed by atoms with van der Waals surface area (Å²) in [4.78, 5) is 0. The number of benzene rings is 1. The Morgan fingerprint density at radius 2 is 2.18 bits per heavy atom. The van der Waals surface area contributed by atoms with Gasteiger partial charge in [-0.25, -0.2) is 0 Å². The standard InChI is InChI=1S/C12H14BrNO2S/c13-9-6-8(12-14-2-5-17-12)7-10-11(9)16-4-1-3-15-10/h6-7,12,14H,1-5H2. The first-order valence-corrected chi connectivity index (χ1v) is 7.63. The molecule has 0 bridgehead atoms. The second kappa shape index (κ2) is 5.08. The van der Waals surface area contributed by atoms with Crippen LogP contribution in [0.4, 0.5) is 0 Å². The Hall–Kier alpha value is -0.390. The molecule has 1 saturated heterocycles. The topological polar surface area (TPSA) is 30.5 Å². The molecular weight excluding hydrogens is 302 g/mol. The third kappa shape index (κ3) is 2.41. The zero-order chi connectivity index (χ0) is 11.7. The van der Waals surface area contributed by atoms with Crippen LogP contribution in [0.15, 0.2) is 16.6 Å². The average Bonchev–Trinajstić information content (AvgIpc) is 2.75. The molecule has 3 rings (SSSR count). The fraction of sp³-hybridized carbons (Fsp3) is 0.500. The molecule has 5 heteroatoms. The number of fused-ring (bicyclic) bond motifs is 1. The molecule has 1 unspecified atom stereocenters. The summed E-state index contributed by atoms with van der Waals surface area (Å²) in [5, 5.41) is 3.85. The van der Waals surface area contributed by atoms with Crippen molar-refractivity contribution in [2.45, 2.75) is 11.8 Å². The smallest absolute Gasteiger partial charge is 0.175 e. The Morgan fingerprint density at radius 1 is 1.29 bits per heavy atom. The van der Waals surface area contributed by atoms with E-state index in [1.165, 1.54) is 5.56 Å². The average molecular weight is 316 g/mol. The van der Waals surface area contributed by atoms with Crippen molar-refractivity contribution in [1.82, 2.24) is 5.32 Å². The highest BCUT2D eigenvalue weighted by Gasteiger charge is 2.21. The van der Waals surface area contributed by atoms with E-state index in [2.05, 4.69) is 33.4 Å². The molecule has 0 radical (unpaired) electrons. The van der Waals surface area contributed by atoms with E-state index in [4.69, 9.17) is 9.47 Å². The Labute approximate surface area is 113 Å². The summed E-state index contributed by atoms with van der Waals surface area (Å²) in [6, 6.07) is 4.23. The Bertz CT molecular complexity index is 421. The van der Waals surface area contributed by atoms with Gasteiger partial charge in [0, 0.05) is 18.7 Å². The Balaban J connectivity index is 1.96. The molecule has 0 amide bonds. The highest BCUT2D eigenvalue weighted by atomic mass is 79.9. The molecule has 92 valence electrons. The van der Waals surface area contributed by atoms with Crippen LogP contribution in [0, 0.1) is 0 Å². The highest BCUT2D eigenvalue weighted by molar-refractivity contribution is 9.10. The van der Waals surface area contributed by atoms with E-state index in [0.29, 0.717) is 5.37 Å². The van der Waals surface area contributed by atoms with Gasteiger partial charge in [0.2, 0.25) is 0 Å². The number of hydrogen-bond donors (Lipinski definition) is 1. The van der Waals surface area contributed by atoms with Gasteiger partial charge in [0.1, 0.15) is 0 Å². The van der Waals surface area contributed by atoms with Crippen LogP contribution >= 0.6 is 27.7 Å². The van der Waals surface area contributed by atoms with Crippen molar-refractivity contribution in [3.05, 3.63) is 22.2 Å². The minimum Gasteiger partial charge on any atom is -0.490 e. The van der Waals surface area contributed by atoms with E-state index < -0.39 is 0 Å². The predicted molar refractivity (Wildman–Crippen MR) is 73.0 cm³/mol. The fourth-order valence-corrected chi connectivity index (χ4v) is 3.65. The molecule has 2 aliphatic heterocycles. The van der Waals surface area contributed by atoms with E-state index in [-0.39, 0.29) is 0 Å². The molecule has 1 N–H and O–H groups in total. The number of thioether (sulfide) groups is 1. The SMILES string of the molecule is Brc1cc(C2NCCS2)cc2c1OCCCO2. The summed E-state index contributed by atoms with van der Waals surface area (Å²) in [5.41, 5.74) is 1.25. The number of halogens is 1. The molecule has 17 heavy (non-hydrogen) atoms. The van der Waals surface area contributed by atoms with Gasteiger partial charge in [-0.3, -0.25) is 0 Å². The van der Waals surface area contributed by atoms with E-state index in [1.807, 2.05) is 11.8 Å². The minimum atomic E-state index is 0.378. The lowest BCUT2D eigenvalue weighted by Crippen LogP contribution is -2.12. The molecule has 0 spiro atoms. The summed E-state index contributed by atoms with van der Waals surface area (Å²) in [5.74, 6) is 2.87. The molecule has 2 aliphatic rings. The van der Waals surface area contributed by atoms with Crippen molar-refractivity contribution in [2.75, 3.05) is 25.5 Å². The lowest BCUT2D eigenvalue weighted by molar-refractivity contribution is 0.296. The van der Waals surface area contributed by atoms with E-state index in [0.717, 1.165) is 47.9 Å². The fourth-order valence-electron chi connectivity index (χ4n) is 2.04. The molecular formula is C12H14BrNO2S. The van der Waals surface area contributed by atoms with Gasteiger partial charge in [-0.15, -0.1) is 11.8 Å². The molecule has 3 nitrogen and oxygen atoms in total. The third-order valence-electron chi connectivity index (χ3n) is 2.84. The van der Waals surface area contributed by atoms with E-state index >= 15 is 0 Å². The molecule has 1 aromatic rings. The molecule has 1 aromatic carbocycles. The lowest BCUT2D eigenvalue weighted by atomic mass is 10.2. The van der Waals surface area contributed by atoms with Crippen LogP contribution in [0.1, 0.15) is 17.4 Å². The number of ether oxygens (including phenoxy) is 2. The molecule has 1 fully saturated rings. The quantitative estimate of drug-likeness (QED) is 0.863. The largest absolute Gasteiger partial charge is 0.490 e. The van der Waals surface area contributed by atoms with Gasteiger partial charge in [0.15, 0.2) is 11.5 Å². The van der Waals surface area contributed by atoms with Gasteiger partial charge in [0.25, 0.3) is 0 Å². The monoisotopic (exact) mass is 315 g/mol. The molecule has 2 heterocycles. The maximum atomic E-state index is 5.74. The van der Waals surface area contributed by atoms with Crippen molar-refractivity contribution < 1.29 is 9.47 Å². The molecule has 0 aliphatic carbocycles. The van der Waals surface area contributed by atoms with Crippen LogP contribution in [0.25, 0.3) is 0 Å². The Morgan fingerprint density at radius 3 is 3.00 bits per heavy atom. The first kappa shape index (κ1) is 11.7. The third-order valence-corrected chi connectivity index (χ3v) is 4.64. The first-order chi connectivity index (χ1) is 8.34. The summed E-state index contributed by atoms with van der Waals surface area (Å²) in [6.45, 7) is 2.52. The van der Waals surface area contributed by atoms with Gasteiger partial charge in [-0.1, -0.05) is 0 Å². The highest BCUT2D eigenvalue weighted by Crippen LogP contribution is 2.42. The van der Waals surface area contributed by atoms with Crippen LogP contribution in [-0.4, -0.2) is 25.5 Å². The van der Waals surface area contributed by atoms with E-state index in [9.17, 15) is 0 Å². The molecule has 0 saturated carbocycles. The zero-order valence-corrected chi connectivity index (χ0v) is 11.8. The number of rotatable bonds is 1. The second-order valence-electron chi connectivity index (χ2n) is 4.09. The summed E-state index contributed by atoms with van der Waals surface area (Å²) in [6.07, 6.45) is 0.937. The van der Waals surface area contributed by atoms with Crippen LogP contribution in [-0.2, 0) is 0 Å². The van der Waals surface area contributed by atoms with Crippen molar-refractivity contribution in [3.63, 3.8) is 0 Å². The Kier molecular flexibility index (Phi) is 3.49. The van der Waals surface area contributed by atoms with Crippen molar-refractivity contribution in [1.29, 1.82) is 0 Å². The van der Waals surface area contributed by atoms with Crippen LogP contribution in [0.3, 0.4) is 0 Å². The molecule has 1 atom stereocenters. The lowest BCUT2D eigenvalue weighted by Gasteiger charge is -2.15. The second-order valence-corrected chi connectivity index (χ2v) is 6.15. The van der Waals surface area contributed by atoms with Crippen molar-refractivity contribution in [2.24, 2.45) is 0 Å². The number of nitrogens with one attached hydrogen (secondary N) is 1. The number of hydrogen-bond acceptors (Lipinski definition) is 4. The van der Waals surface area contributed by atoms with Crippen LogP contribution in [0.2, 0.25) is 0 Å². The maximum absolute atomic E-state index is 5.74. The van der Waals surface area contributed by atoms with Gasteiger partial charge < -0.3 is 14.8 Å². The summed E-state index contributed by atoms with van der Waals surface area (Å²) < 4.78 is 12.4. The zero-order valence-electron chi connectivity index (χ0n) is 9.37. The predicted octanol–water partition coefficient (Wildman–Crippen LogP) is 2.95. The van der Waals surface area contributed by atoms with Gasteiger partial charge in [0.05, 0.1) is 23.1 Å². The van der Waals surface area contributed by atoms with Crippen LogP contribution < -0.4 is 14.8 Å².